The molecule has 0 aliphatic carbocycles. The van der Waals surface area contributed by atoms with Crippen LogP contribution in [0.1, 0.15) is 11.7 Å². The molecule has 1 N–H and O–H groups in total. The lowest BCUT2D eigenvalue weighted by molar-refractivity contribution is 0.426. The van der Waals surface area contributed by atoms with Gasteiger partial charge in [0.05, 0.1) is 17.0 Å². The Bertz CT molecular complexity index is 779. The Morgan fingerprint density at radius 1 is 1.40 bits per heavy atom. The molecule has 3 aromatic rings. The number of aromatic nitrogens is 4. The molecule has 0 fully saturated rings. The highest BCUT2D eigenvalue weighted by molar-refractivity contribution is 7.98. The Morgan fingerprint density at radius 3 is 3.15 bits per heavy atom. The van der Waals surface area contributed by atoms with E-state index >= 15 is 0 Å². The third-order valence-electron chi connectivity index (χ3n) is 2.41. The zero-order valence-corrected chi connectivity index (χ0v) is 12.9. The molecule has 3 heterocycles. The highest BCUT2D eigenvalue weighted by Crippen LogP contribution is 2.22. The van der Waals surface area contributed by atoms with Gasteiger partial charge in [-0.25, -0.2) is 4.98 Å². The van der Waals surface area contributed by atoms with Crippen LogP contribution in [0.5, 0.6) is 0 Å². The first kappa shape index (κ1) is 13.7. The van der Waals surface area contributed by atoms with Crippen LogP contribution in [0, 0.1) is 0 Å². The molecule has 0 aliphatic rings. The van der Waals surface area contributed by atoms with Gasteiger partial charge in [-0.1, -0.05) is 11.8 Å². The number of H-pyrrole nitrogens is 1. The van der Waals surface area contributed by atoms with Crippen molar-refractivity contribution in [2.75, 3.05) is 6.26 Å². The summed E-state index contributed by atoms with van der Waals surface area (Å²) in [6, 6.07) is 1.84. The van der Waals surface area contributed by atoms with Crippen molar-refractivity contribution in [2.24, 2.45) is 0 Å². The average molecular weight is 326 g/mol. The third-order valence-corrected chi connectivity index (χ3v) is 4.68. The lowest BCUT2D eigenvalue weighted by Crippen LogP contribution is -2.09. The largest absolute Gasteiger partial charge is 0.415 e. The Morgan fingerprint density at radius 2 is 2.30 bits per heavy atom. The second-order valence-corrected chi connectivity index (χ2v) is 6.54. The van der Waals surface area contributed by atoms with Crippen molar-refractivity contribution < 1.29 is 4.42 Å². The molecule has 0 unspecified atom stereocenters. The fourth-order valence-corrected chi connectivity index (χ4v) is 3.34. The van der Waals surface area contributed by atoms with Crippen LogP contribution in [-0.4, -0.2) is 26.4 Å². The minimum atomic E-state index is -0.103. The number of fused-ring (bicyclic) bond motifs is 1. The fourth-order valence-electron chi connectivity index (χ4n) is 1.60. The lowest BCUT2D eigenvalue weighted by atomic mass is 10.4. The van der Waals surface area contributed by atoms with Gasteiger partial charge in [0.1, 0.15) is 10.5 Å². The van der Waals surface area contributed by atoms with Gasteiger partial charge < -0.3 is 9.40 Å². The van der Waals surface area contributed by atoms with Gasteiger partial charge in [-0.3, -0.25) is 4.79 Å². The molecule has 3 rings (SSSR count). The van der Waals surface area contributed by atoms with Crippen molar-refractivity contribution in [1.29, 1.82) is 0 Å². The summed E-state index contributed by atoms with van der Waals surface area (Å²) in [6.07, 6.45) is 1.97. The second kappa shape index (κ2) is 5.98. The summed E-state index contributed by atoms with van der Waals surface area (Å²) in [4.78, 5) is 19.0. The molecule has 0 aliphatic heterocycles. The van der Waals surface area contributed by atoms with E-state index in [0.717, 1.165) is 5.52 Å². The van der Waals surface area contributed by atoms with E-state index in [1.807, 2.05) is 17.7 Å². The summed E-state index contributed by atoms with van der Waals surface area (Å²) in [5.74, 6) is 2.40. The number of thiophene rings is 1. The maximum absolute atomic E-state index is 11.8. The van der Waals surface area contributed by atoms with Gasteiger partial charge in [0, 0.05) is 0 Å². The Hall–Kier alpha value is -1.32. The highest BCUT2D eigenvalue weighted by Gasteiger charge is 2.09. The lowest BCUT2D eigenvalue weighted by Gasteiger charge is -1.98. The van der Waals surface area contributed by atoms with E-state index in [1.54, 1.807) is 11.8 Å². The average Bonchev–Trinajstić information content (AvgIpc) is 3.06. The van der Waals surface area contributed by atoms with Crippen molar-refractivity contribution in [3.63, 3.8) is 0 Å². The van der Waals surface area contributed by atoms with Crippen LogP contribution in [0.4, 0.5) is 0 Å². The SMILES string of the molecule is CSCc1nnc(SCc2nc3ccsc3c(=O)[nH]2)o1. The van der Waals surface area contributed by atoms with Crippen molar-refractivity contribution in [1.82, 2.24) is 20.2 Å². The number of nitrogens with zero attached hydrogens (tertiary/aromatic N) is 3. The summed E-state index contributed by atoms with van der Waals surface area (Å²) >= 11 is 4.37. The van der Waals surface area contributed by atoms with Crippen LogP contribution in [0.25, 0.3) is 10.2 Å². The Balaban J connectivity index is 1.74. The van der Waals surface area contributed by atoms with Crippen LogP contribution in [0.2, 0.25) is 0 Å². The minimum Gasteiger partial charge on any atom is -0.415 e. The molecule has 0 spiro atoms. The minimum absolute atomic E-state index is 0.103. The molecular weight excluding hydrogens is 316 g/mol. The van der Waals surface area contributed by atoms with E-state index in [1.165, 1.54) is 23.1 Å². The first-order valence-corrected chi connectivity index (χ1v) is 8.92. The first-order chi connectivity index (χ1) is 9.76. The number of hydrogen-bond donors (Lipinski definition) is 1. The van der Waals surface area contributed by atoms with Gasteiger partial charge >= 0.3 is 0 Å². The number of nitrogens with one attached hydrogen (secondary N) is 1. The van der Waals surface area contributed by atoms with Crippen LogP contribution < -0.4 is 5.56 Å². The molecule has 0 bridgehead atoms. The van der Waals surface area contributed by atoms with Crippen molar-refractivity contribution in [3.8, 4) is 0 Å². The maximum Gasteiger partial charge on any atom is 0.277 e. The van der Waals surface area contributed by atoms with Crippen LogP contribution in [-0.2, 0) is 11.5 Å². The summed E-state index contributed by atoms with van der Waals surface area (Å²) in [5.41, 5.74) is 0.622. The summed E-state index contributed by atoms with van der Waals surface area (Å²) in [7, 11) is 0. The van der Waals surface area contributed by atoms with E-state index in [9.17, 15) is 4.79 Å². The quantitative estimate of drug-likeness (QED) is 0.721. The van der Waals surface area contributed by atoms with Crippen LogP contribution in [0.3, 0.4) is 0 Å². The van der Waals surface area contributed by atoms with Gasteiger partial charge in [-0.2, -0.15) is 11.8 Å². The molecule has 104 valence electrons. The van der Waals surface area contributed by atoms with Crippen LogP contribution >= 0.6 is 34.9 Å². The van der Waals surface area contributed by atoms with Gasteiger partial charge in [0.2, 0.25) is 5.89 Å². The monoisotopic (exact) mass is 326 g/mol. The fraction of sp³-hybridized carbons (Fsp3) is 0.273. The van der Waals surface area contributed by atoms with Crippen molar-refractivity contribution >= 4 is 45.1 Å². The maximum atomic E-state index is 11.8. The van der Waals surface area contributed by atoms with E-state index < -0.39 is 0 Å². The predicted octanol–water partition coefficient (Wildman–Crippen LogP) is 2.52. The van der Waals surface area contributed by atoms with E-state index in [-0.39, 0.29) is 5.56 Å². The molecule has 0 aromatic carbocycles. The molecule has 0 saturated heterocycles. The molecule has 0 amide bonds. The predicted molar refractivity (Wildman–Crippen MR) is 81.3 cm³/mol. The first-order valence-electron chi connectivity index (χ1n) is 5.67. The smallest absolute Gasteiger partial charge is 0.277 e. The molecule has 0 saturated carbocycles. The summed E-state index contributed by atoms with van der Waals surface area (Å²) in [6.45, 7) is 0. The van der Waals surface area contributed by atoms with E-state index in [2.05, 4.69) is 20.2 Å². The van der Waals surface area contributed by atoms with Gasteiger partial charge in [0.25, 0.3) is 10.8 Å². The number of thioether (sulfide) groups is 2. The molecule has 9 heteroatoms. The third kappa shape index (κ3) is 2.89. The molecular formula is C11H10N4O2S3. The highest BCUT2D eigenvalue weighted by atomic mass is 32.2. The zero-order chi connectivity index (χ0) is 13.9. The van der Waals surface area contributed by atoms with E-state index in [4.69, 9.17) is 4.42 Å². The second-order valence-electron chi connectivity index (χ2n) is 3.83. The molecule has 0 radical (unpaired) electrons. The van der Waals surface area contributed by atoms with Gasteiger partial charge in [-0.15, -0.1) is 21.5 Å². The topological polar surface area (TPSA) is 84.7 Å². The zero-order valence-electron chi connectivity index (χ0n) is 10.5. The summed E-state index contributed by atoms with van der Waals surface area (Å²) in [5, 5.41) is 10.2. The van der Waals surface area contributed by atoms with Gasteiger partial charge in [0.15, 0.2) is 0 Å². The molecule has 20 heavy (non-hydrogen) atoms. The summed E-state index contributed by atoms with van der Waals surface area (Å²) < 4.78 is 6.10. The Labute approximate surface area is 126 Å². The molecule has 0 atom stereocenters. The van der Waals surface area contributed by atoms with Crippen molar-refractivity contribution in [3.05, 3.63) is 33.5 Å². The molecule has 6 nitrogen and oxygen atoms in total. The van der Waals surface area contributed by atoms with Gasteiger partial charge in [-0.05, 0) is 17.7 Å². The number of hydrogen-bond acceptors (Lipinski definition) is 8. The van der Waals surface area contributed by atoms with Crippen molar-refractivity contribution in [2.45, 2.75) is 16.7 Å². The Kier molecular flexibility index (Phi) is 4.08. The normalized spacial score (nSPS) is 11.2. The van der Waals surface area contributed by atoms with Crippen LogP contribution in [0.15, 0.2) is 25.9 Å². The molecule has 3 aromatic heterocycles. The number of rotatable bonds is 5. The van der Waals surface area contributed by atoms with E-state index in [0.29, 0.717) is 33.1 Å². The number of aromatic amines is 1. The standard InChI is InChI=1S/C11H10N4O2S3/c1-18-5-8-14-15-11(17-8)20-4-7-12-6-2-3-19-9(6)10(16)13-7/h2-3H,4-5H2,1H3,(H,12,13,16).